The summed E-state index contributed by atoms with van der Waals surface area (Å²) in [4.78, 5) is 17.9. The minimum Gasteiger partial charge on any atom is -0.376 e. The molecule has 1 aliphatic heterocycles. The van der Waals surface area contributed by atoms with Gasteiger partial charge in [0.05, 0.1) is 16.6 Å². The monoisotopic (exact) mass is 272 g/mol. The zero-order valence-electron chi connectivity index (χ0n) is 10.0. The minimum absolute atomic E-state index is 0.0640. The maximum absolute atomic E-state index is 11.0. The first-order chi connectivity index (χ1) is 8.44. The fourth-order valence-corrected chi connectivity index (χ4v) is 2.08. The Morgan fingerprint density at radius 1 is 1.67 bits per heavy atom. The largest absolute Gasteiger partial charge is 0.376 e. The lowest BCUT2D eigenvalue weighted by Crippen LogP contribution is -2.41. The van der Waals surface area contributed by atoms with Gasteiger partial charge < -0.3 is 10.1 Å². The highest BCUT2D eigenvalue weighted by Gasteiger charge is 2.39. The smallest absolute Gasteiger partial charge is 0.348 e. The van der Waals surface area contributed by atoms with E-state index < -0.39 is 10.5 Å². The predicted molar refractivity (Wildman–Crippen MR) is 65.8 cm³/mol. The molecular weight excluding hydrogens is 260 g/mol. The first-order valence-corrected chi connectivity index (χ1v) is 5.86. The molecule has 1 aromatic heterocycles. The topological polar surface area (TPSA) is 90.2 Å². The van der Waals surface area contributed by atoms with Crippen LogP contribution in [0.4, 0.5) is 11.5 Å². The normalized spacial score (nSPS) is 27.2. The van der Waals surface area contributed by atoms with E-state index in [1.54, 1.807) is 0 Å². The molecule has 7 nitrogen and oxygen atoms in total. The van der Waals surface area contributed by atoms with Crippen molar-refractivity contribution >= 4 is 23.1 Å². The molecule has 0 spiro atoms. The van der Waals surface area contributed by atoms with Crippen LogP contribution in [0.25, 0.3) is 0 Å². The van der Waals surface area contributed by atoms with E-state index in [4.69, 9.17) is 16.3 Å². The Bertz CT molecular complexity index is 484. The molecule has 0 aromatic carbocycles. The van der Waals surface area contributed by atoms with Crippen LogP contribution in [0.15, 0.2) is 6.33 Å². The molecule has 1 N–H and O–H groups in total. The number of nitrogens with zero attached hydrogens (tertiary/aromatic N) is 3. The molecule has 1 saturated heterocycles. The highest BCUT2D eigenvalue weighted by atomic mass is 35.5. The van der Waals surface area contributed by atoms with Gasteiger partial charge in [0.15, 0.2) is 0 Å². The molecule has 0 amide bonds. The second-order valence-electron chi connectivity index (χ2n) is 4.42. The van der Waals surface area contributed by atoms with Crippen molar-refractivity contribution in [2.45, 2.75) is 31.9 Å². The first kappa shape index (κ1) is 13.0. The molecule has 0 radical (unpaired) electrons. The number of anilines is 1. The molecule has 1 aromatic rings. The van der Waals surface area contributed by atoms with Crippen LogP contribution in [0.1, 0.15) is 20.3 Å². The van der Waals surface area contributed by atoms with E-state index in [1.165, 1.54) is 6.33 Å². The van der Waals surface area contributed by atoms with E-state index in [0.29, 0.717) is 6.61 Å². The number of nitrogens with one attached hydrogen (secondary N) is 1. The molecule has 1 aliphatic rings. The van der Waals surface area contributed by atoms with Gasteiger partial charge in [0.1, 0.15) is 6.33 Å². The van der Waals surface area contributed by atoms with Gasteiger partial charge in [0.2, 0.25) is 11.0 Å². The summed E-state index contributed by atoms with van der Waals surface area (Å²) < 4.78 is 5.46. The number of rotatable bonds is 3. The fourth-order valence-electron chi connectivity index (χ4n) is 1.88. The Kier molecular flexibility index (Phi) is 3.36. The van der Waals surface area contributed by atoms with E-state index in [1.807, 2.05) is 13.8 Å². The Morgan fingerprint density at radius 2 is 2.39 bits per heavy atom. The molecule has 2 unspecified atom stereocenters. The molecule has 0 saturated carbocycles. The SMILES string of the molecule is CC1OCCC1(C)Nc1ncnc(Cl)c1[N+](=O)[O-]. The number of nitro groups is 1. The van der Waals surface area contributed by atoms with Crippen molar-refractivity contribution in [3.63, 3.8) is 0 Å². The molecule has 2 heterocycles. The molecule has 2 rings (SSSR count). The van der Waals surface area contributed by atoms with E-state index in [9.17, 15) is 10.1 Å². The van der Waals surface area contributed by atoms with E-state index in [0.717, 1.165) is 6.42 Å². The fraction of sp³-hybridized carbons (Fsp3) is 0.600. The van der Waals surface area contributed by atoms with Gasteiger partial charge in [-0.15, -0.1) is 0 Å². The van der Waals surface area contributed by atoms with Gasteiger partial charge in [-0.3, -0.25) is 10.1 Å². The summed E-state index contributed by atoms with van der Waals surface area (Å²) in [5.41, 5.74) is -0.706. The summed E-state index contributed by atoms with van der Waals surface area (Å²) in [5.74, 6) is 0.125. The average Bonchev–Trinajstić information content (AvgIpc) is 2.58. The van der Waals surface area contributed by atoms with Crippen molar-refractivity contribution in [2.75, 3.05) is 11.9 Å². The third kappa shape index (κ3) is 2.23. The Morgan fingerprint density at radius 3 is 2.94 bits per heavy atom. The summed E-state index contributed by atoms with van der Waals surface area (Å²) >= 11 is 5.73. The van der Waals surface area contributed by atoms with Gasteiger partial charge in [-0.05, 0) is 20.3 Å². The van der Waals surface area contributed by atoms with Crippen molar-refractivity contribution in [1.82, 2.24) is 9.97 Å². The van der Waals surface area contributed by atoms with Crippen molar-refractivity contribution in [1.29, 1.82) is 0 Å². The Hall–Kier alpha value is -1.47. The molecule has 18 heavy (non-hydrogen) atoms. The second kappa shape index (κ2) is 4.66. The molecule has 0 bridgehead atoms. The third-order valence-corrected chi connectivity index (χ3v) is 3.53. The zero-order valence-corrected chi connectivity index (χ0v) is 10.8. The predicted octanol–water partition coefficient (Wildman–Crippen LogP) is 2.02. The minimum atomic E-state index is -0.589. The lowest BCUT2D eigenvalue weighted by molar-refractivity contribution is -0.384. The van der Waals surface area contributed by atoms with Gasteiger partial charge in [-0.1, -0.05) is 11.6 Å². The third-order valence-electron chi connectivity index (χ3n) is 3.25. The summed E-state index contributed by atoms with van der Waals surface area (Å²) in [6, 6.07) is 0. The van der Waals surface area contributed by atoms with Gasteiger partial charge in [-0.25, -0.2) is 9.97 Å². The van der Waals surface area contributed by atoms with E-state index >= 15 is 0 Å². The number of halogens is 1. The van der Waals surface area contributed by atoms with Crippen molar-refractivity contribution in [3.05, 3.63) is 21.6 Å². The van der Waals surface area contributed by atoms with Crippen molar-refractivity contribution < 1.29 is 9.66 Å². The van der Waals surface area contributed by atoms with Crippen LogP contribution in [-0.4, -0.2) is 33.1 Å². The maximum Gasteiger partial charge on any atom is 0.348 e. The maximum atomic E-state index is 11.0. The van der Waals surface area contributed by atoms with Crippen molar-refractivity contribution in [2.24, 2.45) is 0 Å². The zero-order chi connectivity index (χ0) is 13.3. The van der Waals surface area contributed by atoms with Crippen LogP contribution in [0, 0.1) is 10.1 Å². The molecular formula is C10H13ClN4O3. The molecule has 8 heteroatoms. The summed E-state index contributed by atoms with van der Waals surface area (Å²) in [7, 11) is 0. The van der Waals surface area contributed by atoms with Crippen LogP contribution < -0.4 is 5.32 Å². The van der Waals surface area contributed by atoms with E-state index in [2.05, 4.69) is 15.3 Å². The number of hydrogen-bond acceptors (Lipinski definition) is 6. The van der Waals surface area contributed by atoms with Gasteiger partial charge in [-0.2, -0.15) is 0 Å². The molecule has 2 atom stereocenters. The highest BCUT2D eigenvalue weighted by molar-refractivity contribution is 6.31. The number of hydrogen-bond donors (Lipinski definition) is 1. The van der Waals surface area contributed by atoms with Crippen LogP contribution in [-0.2, 0) is 4.74 Å². The summed E-state index contributed by atoms with van der Waals surface area (Å²) in [6.07, 6.45) is 1.87. The molecule has 0 aliphatic carbocycles. The van der Waals surface area contributed by atoms with Crippen LogP contribution in [0.2, 0.25) is 5.15 Å². The molecule has 1 fully saturated rings. The number of ether oxygens (including phenoxy) is 1. The average molecular weight is 273 g/mol. The van der Waals surface area contributed by atoms with Crippen molar-refractivity contribution in [3.8, 4) is 0 Å². The first-order valence-electron chi connectivity index (χ1n) is 5.49. The van der Waals surface area contributed by atoms with E-state index in [-0.39, 0.29) is 22.8 Å². The Balaban J connectivity index is 2.35. The summed E-state index contributed by atoms with van der Waals surface area (Å²) in [6.45, 7) is 4.45. The van der Waals surface area contributed by atoms with Crippen LogP contribution in [0.5, 0.6) is 0 Å². The van der Waals surface area contributed by atoms with Gasteiger partial charge in [0, 0.05) is 6.61 Å². The lowest BCUT2D eigenvalue weighted by atomic mass is 9.95. The lowest BCUT2D eigenvalue weighted by Gasteiger charge is -2.29. The second-order valence-corrected chi connectivity index (χ2v) is 4.78. The van der Waals surface area contributed by atoms with Gasteiger partial charge in [0.25, 0.3) is 0 Å². The quantitative estimate of drug-likeness (QED) is 0.514. The van der Waals surface area contributed by atoms with Gasteiger partial charge >= 0.3 is 5.69 Å². The summed E-state index contributed by atoms with van der Waals surface area (Å²) in [5, 5.41) is 13.9. The standard InChI is InChI=1S/C10H13ClN4O3/c1-6-10(2,3-4-18-6)14-9-7(15(16)17)8(11)12-5-13-9/h5-6H,3-4H2,1-2H3,(H,12,13,14). The Labute approximate surface area is 109 Å². The highest BCUT2D eigenvalue weighted by Crippen LogP contribution is 2.34. The number of aromatic nitrogens is 2. The van der Waals surface area contributed by atoms with Crippen LogP contribution in [0.3, 0.4) is 0 Å². The van der Waals surface area contributed by atoms with Crippen LogP contribution >= 0.6 is 11.6 Å². The molecule has 98 valence electrons.